The minimum Gasteiger partial charge on any atom is -0.357 e. The molecule has 0 saturated heterocycles. The molecule has 0 bridgehead atoms. The van der Waals surface area contributed by atoms with Gasteiger partial charge in [-0.05, 0) is 25.5 Å². The van der Waals surface area contributed by atoms with Gasteiger partial charge in [-0.25, -0.2) is 4.98 Å². The lowest BCUT2D eigenvalue weighted by molar-refractivity contribution is 0.508. The number of H-pyrrole nitrogens is 1. The van der Waals surface area contributed by atoms with Crippen LogP contribution in [0.4, 0.5) is 0 Å². The Labute approximate surface area is 94.7 Å². The van der Waals surface area contributed by atoms with Gasteiger partial charge < -0.3 is 14.9 Å². The standard InChI is InChI=1S/C12H16N4/c1-8-5-9(2)15-12(8)10-6-14-11-7-13-3-4-16(10)11/h5-6,13,15H,3-4,7H2,1-2H3. The van der Waals surface area contributed by atoms with Crippen LogP contribution in [-0.4, -0.2) is 21.1 Å². The molecule has 2 aromatic heterocycles. The van der Waals surface area contributed by atoms with E-state index in [1.165, 1.54) is 22.6 Å². The van der Waals surface area contributed by atoms with Gasteiger partial charge in [-0.15, -0.1) is 0 Å². The molecule has 0 fully saturated rings. The van der Waals surface area contributed by atoms with Gasteiger partial charge in [0.25, 0.3) is 0 Å². The lowest BCUT2D eigenvalue weighted by Gasteiger charge is -2.17. The smallest absolute Gasteiger partial charge is 0.123 e. The van der Waals surface area contributed by atoms with Crippen LogP contribution in [0.5, 0.6) is 0 Å². The molecular weight excluding hydrogens is 200 g/mol. The summed E-state index contributed by atoms with van der Waals surface area (Å²) < 4.78 is 2.30. The second kappa shape index (κ2) is 3.49. The van der Waals surface area contributed by atoms with Crippen LogP contribution in [0.25, 0.3) is 11.4 Å². The maximum absolute atomic E-state index is 4.46. The number of hydrogen-bond donors (Lipinski definition) is 2. The molecule has 0 saturated carbocycles. The highest BCUT2D eigenvalue weighted by atomic mass is 15.2. The molecule has 0 radical (unpaired) electrons. The van der Waals surface area contributed by atoms with Gasteiger partial charge in [0.15, 0.2) is 0 Å². The zero-order valence-corrected chi connectivity index (χ0v) is 9.67. The molecule has 4 heteroatoms. The van der Waals surface area contributed by atoms with Gasteiger partial charge in [-0.2, -0.15) is 0 Å². The molecule has 2 N–H and O–H groups in total. The number of nitrogens with zero attached hydrogens (tertiary/aromatic N) is 2. The number of aryl methyl sites for hydroxylation is 2. The second-order valence-electron chi connectivity index (χ2n) is 4.40. The molecule has 2 aromatic rings. The highest BCUT2D eigenvalue weighted by molar-refractivity contribution is 5.60. The quantitative estimate of drug-likeness (QED) is 0.760. The third kappa shape index (κ3) is 1.38. The van der Waals surface area contributed by atoms with Crippen LogP contribution >= 0.6 is 0 Å². The fraction of sp³-hybridized carbons (Fsp3) is 0.417. The number of hydrogen-bond acceptors (Lipinski definition) is 2. The first kappa shape index (κ1) is 9.66. The Morgan fingerprint density at radius 2 is 2.25 bits per heavy atom. The maximum atomic E-state index is 4.46. The number of imidazole rings is 1. The number of aromatic nitrogens is 3. The highest BCUT2D eigenvalue weighted by Crippen LogP contribution is 2.25. The van der Waals surface area contributed by atoms with Crippen molar-refractivity contribution in [2.75, 3.05) is 6.54 Å². The van der Waals surface area contributed by atoms with Gasteiger partial charge >= 0.3 is 0 Å². The summed E-state index contributed by atoms with van der Waals surface area (Å²) in [5.74, 6) is 1.13. The van der Waals surface area contributed by atoms with Crippen LogP contribution in [0.1, 0.15) is 17.1 Å². The summed E-state index contributed by atoms with van der Waals surface area (Å²) in [5, 5.41) is 3.33. The summed E-state index contributed by atoms with van der Waals surface area (Å²) in [5.41, 5.74) is 4.91. The van der Waals surface area contributed by atoms with E-state index in [0.717, 1.165) is 25.5 Å². The summed E-state index contributed by atoms with van der Waals surface area (Å²) in [4.78, 5) is 7.88. The van der Waals surface area contributed by atoms with Crippen molar-refractivity contribution in [2.45, 2.75) is 26.9 Å². The number of aromatic amines is 1. The predicted octanol–water partition coefficient (Wildman–Crippen LogP) is 1.60. The van der Waals surface area contributed by atoms with Crippen LogP contribution in [-0.2, 0) is 13.1 Å². The number of rotatable bonds is 1. The van der Waals surface area contributed by atoms with E-state index >= 15 is 0 Å². The normalized spacial score (nSPS) is 15.1. The molecular formula is C12H16N4. The second-order valence-corrected chi connectivity index (χ2v) is 4.40. The molecule has 3 rings (SSSR count). The van der Waals surface area contributed by atoms with Crippen molar-refractivity contribution in [3.05, 3.63) is 29.3 Å². The van der Waals surface area contributed by atoms with Gasteiger partial charge in [0.05, 0.1) is 24.1 Å². The molecule has 84 valence electrons. The topological polar surface area (TPSA) is 45.6 Å². The van der Waals surface area contributed by atoms with Crippen molar-refractivity contribution < 1.29 is 0 Å². The summed E-state index contributed by atoms with van der Waals surface area (Å²) >= 11 is 0. The summed E-state index contributed by atoms with van der Waals surface area (Å²) in [6.45, 7) is 7.13. The third-order valence-corrected chi connectivity index (χ3v) is 3.14. The zero-order chi connectivity index (χ0) is 11.1. The molecule has 0 amide bonds. The lowest BCUT2D eigenvalue weighted by atomic mass is 10.2. The molecule has 1 aliphatic heterocycles. The Kier molecular flexibility index (Phi) is 2.11. The molecule has 0 aliphatic carbocycles. The largest absolute Gasteiger partial charge is 0.357 e. The van der Waals surface area contributed by atoms with Crippen LogP contribution in [0.3, 0.4) is 0 Å². The Morgan fingerprint density at radius 3 is 3.00 bits per heavy atom. The molecule has 4 nitrogen and oxygen atoms in total. The van der Waals surface area contributed by atoms with Gasteiger partial charge in [0.2, 0.25) is 0 Å². The molecule has 16 heavy (non-hydrogen) atoms. The molecule has 3 heterocycles. The summed E-state index contributed by atoms with van der Waals surface area (Å²) in [7, 11) is 0. The van der Waals surface area contributed by atoms with E-state index in [0.29, 0.717) is 0 Å². The number of nitrogens with one attached hydrogen (secondary N) is 2. The van der Waals surface area contributed by atoms with Crippen LogP contribution in [0.2, 0.25) is 0 Å². The van der Waals surface area contributed by atoms with Crippen LogP contribution in [0.15, 0.2) is 12.3 Å². The Bertz CT molecular complexity index is 521. The van der Waals surface area contributed by atoms with E-state index in [1.807, 2.05) is 6.20 Å². The van der Waals surface area contributed by atoms with Crippen LogP contribution in [0, 0.1) is 13.8 Å². The van der Waals surface area contributed by atoms with E-state index in [2.05, 4.69) is 39.8 Å². The first-order chi connectivity index (χ1) is 7.75. The van der Waals surface area contributed by atoms with Crippen LogP contribution < -0.4 is 5.32 Å². The SMILES string of the molecule is Cc1cc(C)c(-c2cnc3n2CCNC3)[nH]1. The fourth-order valence-corrected chi connectivity index (χ4v) is 2.39. The van der Waals surface area contributed by atoms with E-state index < -0.39 is 0 Å². The monoisotopic (exact) mass is 216 g/mol. The zero-order valence-electron chi connectivity index (χ0n) is 9.67. The molecule has 1 aliphatic rings. The first-order valence-electron chi connectivity index (χ1n) is 5.67. The summed E-state index contributed by atoms with van der Waals surface area (Å²) in [6, 6.07) is 2.18. The number of fused-ring (bicyclic) bond motifs is 1. The van der Waals surface area contributed by atoms with Crippen molar-refractivity contribution in [3.8, 4) is 11.4 Å². The highest BCUT2D eigenvalue weighted by Gasteiger charge is 2.16. The maximum Gasteiger partial charge on any atom is 0.123 e. The van der Waals surface area contributed by atoms with E-state index in [9.17, 15) is 0 Å². The Balaban J connectivity index is 2.13. The minimum atomic E-state index is 0.874. The minimum absolute atomic E-state index is 0.874. The fourth-order valence-electron chi connectivity index (χ4n) is 2.39. The average molecular weight is 216 g/mol. The summed E-state index contributed by atoms with van der Waals surface area (Å²) in [6.07, 6.45) is 1.97. The van der Waals surface area contributed by atoms with Crippen molar-refractivity contribution in [1.82, 2.24) is 19.9 Å². The van der Waals surface area contributed by atoms with Crippen molar-refractivity contribution in [3.63, 3.8) is 0 Å². The average Bonchev–Trinajstić information content (AvgIpc) is 2.81. The van der Waals surface area contributed by atoms with E-state index in [4.69, 9.17) is 0 Å². The van der Waals surface area contributed by atoms with Crippen molar-refractivity contribution in [1.29, 1.82) is 0 Å². The molecule has 0 spiro atoms. The van der Waals surface area contributed by atoms with Crippen molar-refractivity contribution in [2.24, 2.45) is 0 Å². The molecule has 0 aromatic carbocycles. The van der Waals surface area contributed by atoms with E-state index in [-0.39, 0.29) is 0 Å². The molecule has 0 unspecified atom stereocenters. The Morgan fingerprint density at radius 1 is 1.38 bits per heavy atom. The van der Waals surface area contributed by atoms with E-state index in [1.54, 1.807) is 0 Å². The predicted molar refractivity (Wildman–Crippen MR) is 63.2 cm³/mol. The van der Waals surface area contributed by atoms with Gasteiger partial charge in [0.1, 0.15) is 5.82 Å². The Hall–Kier alpha value is -1.55. The van der Waals surface area contributed by atoms with Gasteiger partial charge in [-0.3, -0.25) is 0 Å². The van der Waals surface area contributed by atoms with Gasteiger partial charge in [0, 0.05) is 18.8 Å². The molecule has 0 atom stereocenters. The van der Waals surface area contributed by atoms with Crippen molar-refractivity contribution >= 4 is 0 Å². The third-order valence-electron chi connectivity index (χ3n) is 3.14. The lowest BCUT2D eigenvalue weighted by Crippen LogP contribution is -2.28. The first-order valence-corrected chi connectivity index (χ1v) is 5.67. The van der Waals surface area contributed by atoms with Gasteiger partial charge in [-0.1, -0.05) is 0 Å².